The Balaban J connectivity index is 3.18. The average Bonchev–Trinajstić information content (AvgIpc) is 2.80. The van der Waals surface area contributed by atoms with Crippen molar-refractivity contribution < 1.29 is 34.2 Å². The van der Waals surface area contributed by atoms with Gasteiger partial charge < -0.3 is 37.6 Å². The third-order valence-corrected chi connectivity index (χ3v) is 5.79. The van der Waals surface area contributed by atoms with Gasteiger partial charge in [-0.05, 0) is 29.5 Å². The van der Waals surface area contributed by atoms with Gasteiger partial charge in [0.1, 0.15) is 23.9 Å². The number of carbonyl (C=O) groups is 5. The van der Waals surface area contributed by atoms with Crippen molar-refractivity contribution in [3.63, 3.8) is 0 Å². The zero-order chi connectivity index (χ0) is 27.6. The number of phenols is 1. The molecule has 1 aromatic rings. The first kappa shape index (κ1) is 30.4. The molecule has 0 bridgehead atoms. The summed E-state index contributed by atoms with van der Waals surface area (Å²) >= 11 is 0. The lowest BCUT2D eigenvalue weighted by Crippen LogP contribution is -2.59. The SMILES string of the molecule is CCC(C)C(NC(=O)C(Cc1ccc(O)cc1)NC(=O)C(N)CC(N)=O)C(=O)NC(C(=O)O)C(C)C. The minimum absolute atomic E-state index is 0.0129. The number of carboxylic acids is 1. The molecule has 4 amide bonds. The Hall–Kier alpha value is -3.67. The monoisotopic (exact) mass is 507 g/mol. The molecule has 0 heterocycles. The van der Waals surface area contributed by atoms with Gasteiger partial charge in [-0.3, -0.25) is 19.2 Å². The lowest BCUT2D eigenvalue weighted by molar-refractivity contribution is -0.144. The highest BCUT2D eigenvalue weighted by Gasteiger charge is 2.33. The highest BCUT2D eigenvalue weighted by atomic mass is 16.4. The number of phenolic OH excluding ortho intramolecular Hbond substituents is 1. The second-order valence-electron chi connectivity index (χ2n) is 9.15. The summed E-state index contributed by atoms with van der Waals surface area (Å²) in [6.07, 6.45) is 0.0546. The number of benzene rings is 1. The molecule has 5 unspecified atom stereocenters. The van der Waals surface area contributed by atoms with Crippen LogP contribution in [-0.2, 0) is 30.4 Å². The van der Waals surface area contributed by atoms with Gasteiger partial charge in [-0.15, -0.1) is 0 Å². The third kappa shape index (κ3) is 9.53. The van der Waals surface area contributed by atoms with E-state index < -0.39 is 66.1 Å². The summed E-state index contributed by atoms with van der Waals surface area (Å²) in [5.74, 6) is -4.90. The van der Waals surface area contributed by atoms with E-state index in [2.05, 4.69) is 16.0 Å². The molecule has 0 saturated carbocycles. The summed E-state index contributed by atoms with van der Waals surface area (Å²) in [6, 6.07) is 1.24. The lowest BCUT2D eigenvalue weighted by atomic mass is 9.95. The van der Waals surface area contributed by atoms with Crippen molar-refractivity contribution in [1.82, 2.24) is 16.0 Å². The van der Waals surface area contributed by atoms with Crippen LogP contribution in [0.25, 0.3) is 0 Å². The van der Waals surface area contributed by atoms with Crippen LogP contribution in [0, 0.1) is 11.8 Å². The molecule has 0 radical (unpaired) electrons. The predicted octanol–water partition coefficient (Wildman–Crippen LogP) is -0.621. The number of hydrogen-bond donors (Lipinski definition) is 7. The fourth-order valence-corrected chi connectivity index (χ4v) is 3.38. The molecule has 0 aliphatic carbocycles. The molecular weight excluding hydrogens is 470 g/mol. The van der Waals surface area contributed by atoms with Crippen LogP contribution in [0.2, 0.25) is 0 Å². The molecule has 0 saturated heterocycles. The second kappa shape index (κ2) is 14.0. The summed E-state index contributed by atoms with van der Waals surface area (Å²) in [5.41, 5.74) is 11.4. The van der Waals surface area contributed by atoms with Crippen LogP contribution in [0.1, 0.15) is 46.1 Å². The van der Waals surface area contributed by atoms with E-state index in [0.717, 1.165) is 0 Å². The van der Waals surface area contributed by atoms with Crippen molar-refractivity contribution in [3.05, 3.63) is 29.8 Å². The van der Waals surface area contributed by atoms with E-state index in [4.69, 9.17) is 11.5 Å². The van der Waals surface area contributed by atoms with Crippen LogP contribution in [0.5, 0.6) is 5.75 Å². The second-order valence-corrected chi connectivity index (χ2v) is 9.15. The number of hydrogen-bond acceptors (Lipinski definition) is 7. The van der Waals surface area contributed by atoms with Gasteiger partial charge in [0.05, 0.1) is 12.5 Å². The largest absolute Gasteiger partial charge is 0.508 e. The average molecular weight is 508 g/mol. The maximum Gasteiger partial charge on any atom is 0.326 e. The normalized spacial score (nSPS) is 15.2. The molecule has 5 atom stereocenters. The number of amides is 4. The number of carbonyl (C=O) groups excluding carboxylic acids is 4. The fraction of sp³-hybridized carbons (Fsp3) is 0.542. The smallest absolute Gasteiger partial charge is 0.326 e. The Morgan fingerprint density at radius 3 is 1.92 bits per heavy atom. The van der Waals surface area contributed by atoms with Gasteiger partial charge in [0.25, 0.3) is 0 Å². The van der Waals surface area contributed by atoms with Crippen LogP contribution in [-0.4, -0.2) is 64.0 Å². The Bertz CT molecular complexity index is 935. The molecule has 200 valence electrons. The zero-order valence-corrected chi connectivity index (χ0v) is 21.0. The Labute approximate surface area is 210 Å². The van der Waals surface area contributed by atoms with Gasteiger partial charge >= 0.3 is 5.97 Å². The molecule has 1 aromatic carbocycles. The summed E-state index contributed by atoms with van der Waals surface area (Å²) in [6.45, 7) is 6.83. The van der Waals surface area contributed by atoms with Crippen LogP contribution in [0.4, 0.5) is 0 Å². The van der Waals surface area contributed by atoms with Crippen LogP contribution in [0.15, 0.2) is 24.3 Å². The minimum Gasteiger partial charge on any atom is -0.508 e. The topological polar surface area (TPSA) is 214 Å². The zero-order valence-electron chi connectivity index (χ0n) is 21.0. The van der Waals surface area contributed by atoms with E-state index in [-0.39, 0.29) is 18.1 Å². The predicted molar refractivity (Wildman–Crippen MR) is 131 cm³/mol. The van der Waals surface area contributed by atoms with Gasteiger partial charge in [-0.25, -0.2) is 4.79 Å². The maximum atomic E-state index is 13.3. The van der Waals surface area contributed by atoms with Crippen LogP contribution < -0.4 is 27.4 Å². The van der Waals surface area contributed by atoms with Crippen LogP contribution in [0.3, 0.4) is 0 Å². The van der Waals surface area contributed by atoms with E-state index in [9.17, 15) is 34.2 Å². The van der Waals surface area contributed by atoms with Gasteiger partial charge in [0.2, 0.25) is 23.6 Å². The van der Waals surface area contributed by atoms with E-state index in [0.29, 0.717) is 12.0 Å². The van der Waals surface area contributed by atoms with E-state index in [1.54, 1.807) is 32.9 Å². The van der Waals surface area contributed by atoms with Crippen molar-refractivity contribution in [2.75, 3.05) is 0 Å². The maximum absolute atomic E-state index is 13.3. The number of primary amides is 1. The molecule has 36 heavy (non-hydrogen) atoms. The molecule has 0 aliphatic rings. The molecule has 0 fully saturated rings. The number of nitrogens with one attached hydrogen (secondary N) is 3. The summed E-state index contributed by atoms with van der Waals surface area (Å²) in [7, 11) is 0. The van der Waals surface area contributed by atoms with E-state index in [1.165, 1.54) is 12.1 Å². The molecule has 9 N–H and O–H groups in total. The molecule has 0 spiro atoms. The number of rotatable bonds is 14. The summed E-state index contributed by atoms with van der Waals surface area (Å²) in [4.78, 5) is 61.5. The van der Waals surface area contributed by atoms with Gasteiger partial charge in [-0.2, -0.15) is 0 Å². The number of nitrogens with two attached hydrogens (primary N) is 2. The van der Waals surface area contributed by atoms with Crippen molar-refractivity contribution in [1.29, 1.82) is 0 Å². The highest BCUT2D eigenvalue weighted by molar-refractivity contribution is 5.95. The first-order valence-electron chi connectivity index (χ1n) is 11.7. The van der Waals surface area contributed by atoms with E-state index in [1.807, 2.05) is 6.92 Å². The first-order chi connectivity index (χ1) is 16.8. The van der Waals surface area contributed by atoms with E-state index >= 15 is 0 Å². The summed E-state index contributed by atoms with van der Waals surface area (Å²) < 4.78 is 0. The van der Waals surface area contributed by atoms with Crippen molar-refractivity contribution in [2.24, 2.45) is 23.3 Å². The minimum atomic E-state index is -1.28. The number of carboxylic acid groups (broad SMARTS) is 1. The molecule has 0 aliphatic heterocycles. The molecule has 12 nitrogen and oxygen atoms in total. The molecule has 0 aromatic heterocycles. The van der Waals surface area contributed by atoms with Gasteiger partial charge in [0, 0.05) is 6.42 Å². The van der Waals surface area contributed by atoms with Gasteiger partial charge in [-0.1, -0.05) is 46.2 Å². The van der Waals surface area contributed by atoms with Crippen LogP contribution >= 0.6 is 0 Å². The highest BCUT2D eigenvalue weighted by Crippen LogP contribution is 2.14. The van der Waals surface area contributed by atoms with Crippen molar-refractivity contribution in [2.45, 2.75) is 71.1 Å². The quantitative estimate of drug-likeness (QED) is 0.172. The molecule has 1 rings (SSSR count). The fourth-order valence-electron chi connectivity index (χ4n) is 3.38. The van der Waals surface area contributed by atoms with Crippen molar-refractivity contribution in [3.8, 4) is 5.75 Å². The lowest BCUT2D eigenvalue weighted by Gasteiger charge is -2.29. The molecular formula is C24H37N5O7. The number of aromatic hydroxyl groups is 1. The Morgan fingerprint density at radius 2 is 1.44 bits per heavy atom. The standard InChI is InChI=1S/C24H37N5O7/c1-5-13(4)20(23(34)28-19(12(2)3)24(35)36)29-22(33)17(10-14-6-8-15(30)9-7-14)27-21(32)16(25)11-18(26)31/h6-9,12-13,16-17,19-20,30H,5,10-11,25H2,1-4H3,(H2,26,31)(H,27,32)(H,28,34)(H,29,33)(H,35,36). The summed E-state index contributed by atoms with van der Waals surface area (Å²) in [5, 5.41) is 26.5. The van der Waals surface area contributed by atoms with Gasteiger partial charge in [0.15, 0.2) is 0 Å². The van der Waals surface area contributed by atoms with Crippen molar-refractivity contribution >= 4 is 29.6 Å². The number of aliphatic carboxylic acids is 1. The first-order valence-corrected chi connectivity index (χ1v) is 11.7. The molecule has 12 heteroatoms. The third-order valence-electron chi connectivity index (χ3n) is 5.79. The Morgan fingerprint density at radius 1 is 0.889 bits per heavy atom. The Kier molecular flexibility index (Phi) is 11.8.